The first-order chi connectivity index (χ1) is 23.0. The number of piperidine rings is 1. The average Bonchev–Trinajstić information content (AvgIpc) is 3.32. The summed E-state index contributed by atoms with van der Waals surface area (Å²) in [5, 5.41) is 15.3. The van der Waals surface area contributed by atoms with Crippen LogP contribution in [-0.4, -0.2) is 63.3 Å². The molecule has 1 fully saturated rings. The predicted molar refractivity (Wildman–Crippen MR) is 191 cm³/mol. The summed E-state index contributed by atoms with van der Waals surface area (Å²) in [5.41, 5.74) is 4.20. The van der Waals surface area contributed by atoms with E-state index in [9.17, 15) is 19.5 Å². The summed E-state index contributed by atoms with van der Waals surface area (Å²) in [4.78, 5) is 46.1. The number of hydrogen-bond donors (Lipinski definition) is 1. The van der Waals surface area contributed by atoms with Crippen molar-refractivity contribution in [1.82, 2.24) is 14.0 Å². The van der Waals surface area contributed by atoms with Crippen LogP contribution < -0.4 is 5.69 Å². The number of fused-ring (bicyclic) bond motifs is 1. The van der Waals surface area contributed by atoms with Crippen molar-refractivity contribution < 1.29 is 19.5 Å². The number of carboxylic acids is 1. The van der Waals surface area contributed by atoms with Crippen LogP contribution in [-0.2, 0) is 16.2 Å². The molecule has 4 aromatic rings. The minimum absolute atomic E-state index is 0.0284. The number of aromatic nitrogens is 2. The van der Waals surface area contributed by atoms with E-state index in [1.807, 2.05) is 56.3 Å². The van der Waals surface area contributed by atoms with Gasteiger partial charge in [0, 0.05) is 41.6 Å². The molecule has 1 N–H and O–H groups in total. The SMILES string of the molecule is CO/N=C(/CC(C)C(=O)c1cc(C)cc(Cl)c1)C(CCN1CCC(n2c(=O)n(CC(=O)O)c3ccccc32)CC1)c1ccc(Cl)c(Cl)c1. The number of para-hydroxylation sites is 2. The maximum Gasteiger partial charge on any atom is 0.329 e. The Morgan fingerprint density at radius 1 is 1.00 bits per heavy atom. The molecule has 1 saturated heterocycles. The highest BCUT2D eigenvalue weighted by Gasteiger charge is 2.29. The molecule has 1 aliphatic heterocycles. The first-order valence-corrected chi connectivity index (χ1v) is 17.1. The van der Waals surface area contributed by atoms with Crippen molar-refractivity contribution in [3.05, 3.63) is 103 Å². The van der Waals surface area contributed by atoms with Crippen LogP contribution in [0.4, 0.5) is 0 Å². The number of carbonyl (C=O) groups excluding carboxylic acids is 1. The van der Waals surface area contributed by atoms with E-state index in [1.165, 1.54) is 11.7 Å². The summed E-state index contributed by atoms with van der Waals surface area (Å²) < 4.78 is 3.10. The van der Waals surface area contributed by atoms with Gasteiger partial charge in [-0.05, 0) is 92.7 Å². The number of rotatable bonds is 13. The van der Waals surface area contributed by atoms with Gasteiger partial charge in [0.2, 0.25) is 0 Å². The second-order valence-corrected chi connectivity index (χ2v) is 13.7. The zero-order valence-corrected chi connectivity index (χ0v) is 29.4. The van der Waals surface area contributed by atoms with Crippen LogP contribution >= 0.6 is 34.8 Å². The molecule has 0 spiro atoms. The van der Waals surface area contributed by atoms with E-state index < -0.39 is 5.97 Å². The molecule has 1 aliphatic rings. The molecule has 2 heterocycles. The number of oxime groups is 1. The summed E-state index contributed by atoms with van der Waals surface area (Å²) in [6, 6.07) is 18.2. The molecular weight excluding hydrogens is 675 g/mol. The van der Waals surface area contributed by atoms with E-state index >= 15 is 0 Å². The van der Waals surface area contributed by atoms with Gasteiger partial charge in [0.15, 0.2) is 5.78 Å². The van der Waals surface area contributed by atoms with Crippen molar-refractivity contribution >= 4 is 63.3 Å². The predicted octanol–water partition coefficient (Wildman–Crippen LogP) is 7.88. The second kappa shape index (κ2) is 15.7. The summed E-state index contributed by atoms with van der Waals surface area (Å²) >= 11 is 19.0. The van der Waals surface area contributed by atoms with Gasteiger partial charge in [-0.2, -0.15) is 0 Å². The topological polar surface area (TPSA) is 106 Å². The number of Topliss-reactive ketones (excluding diaryl/α,β-unsaturated/α-hetero) is 1. The van der Waals surface area contributed by atoms with Crippen LogP contribution in [0.1, 0.15) is 66.1 Å². The molecule has 1 aromatic heterocycles. The molecule has 2 unspecified atom stereocenters. The maximum absolute atomic E-state index is 13.5. The number of imidazole rings is 1. The van der Waals surface area contributed by atoms with Crippen LogP contribution in [0.2, 0.25) is 15.1 Å². The van der Waals surface area contributed by atoms with Gasteiger partial charge in [0.1, 0.15) is 13.7 Å². The van der Waals surface area contributed by atoms with Gasteiger partial charge in [0.05, 0.1) is 26.8 Å². The molecule has 3 aromatic carbocycles. The number of aryl methyl sites for hydroxylation is 1. The van der Waals surface area contributed by atoms with Crippen molar-refractivity contribution in [3.63, 3.8) is 0 Å². The van der Waals surface area contributed by atoms with E-state index in [0.717, 1.165) is 54.8 Å². The highest BCUT2D eigenvalue weighted by atomic mass is 35.5. The molecule has 9 nitrogen and oxygen atoms in total. The Balaban J connectivity index is 1.33. The lowest BCUT2D eigenvalue weighted by molar-refractivity contribution is -0.137. The number of halogens is 3. The number of nitrogens with zero attached hydrogens (tertiary/aromatic N) is 4. The lowest BCUT2D eigenvalue weighted by Crippen LogP contribution is -2.39. The van der Waals surface area contributed by atoms with E-state index in [4.69, 9.17) is 39.6 Å². The summed E-state index contributed by atoms with van der Waals surface area (Å²) in [5.74, 6) is -1.68. The number of likely N-dealkylation sites (tertiary alicyclic amines) is 1. The third kappa shape index (κ3) is 8.14. The Morgan fingerprint density at radius 2 is 1.71 bits per heavy atom. The van der Waals surface area contributed by atoms with Crippen molar-refractivity contribution in [1.29, 1.82) is 0 Å². The number of carboxylic acid groups (broad SMARTS) is 1. The minimum Gasteiger partial charge on any atom is -0.480 e. The number of ketones is 1. The standard InChI is InChI=1S/C36H39Cl3N4O5/c1-22-16-25(19-26(37)17-22)35(46)23(2)18-31(40-48-3)28(24-8-9-29(38)30(39)20-24)12-15-41-13-10-27(11-14-41)43-33-7-5-4-6-32(33)42(36(43)47)21-34(44)45/h4-9,16-17,19-20,23,27-28H,10-15,18,21H2,1-3H3,(H,44,45)/b40-31-. The molecule has 0 saturated carbocycles. The van der Waals surface area contributed by atoms with Crippen molar-refractivity contribution in [2.45, 2.75) is 58.0 Å². The number of carbonyl (C=O) groups is 2. The first-order valence-electron chi connectivity index (χ1n) is 16.0. The normalized spacial score (nSPS) is 15.8. The van der Waals surface area contributed by atoms with Crippen molar-refractivity contribution in [2.75, 3.05) is 26.7 Å². The molecule has 0 amide bonds. The lowest BCUT2D eigenvalue weighted by atomic mass is 9.84. The molecule has 254 valence electrons. The Kier molecular flexibility index (Phi) is 11.7. The zero-order chi connectivity index (χ0) is 34.5. The van der Waals surface area contributed by atoms with E-state index in [1.54, 1.807) is 22.8 Å². The Morgan fingerprint density at radius 3 is 2.35 bits per heavy atom. The number of hydrogen-bond acceptors (Lipinski definition) is 6. The Bertz CT molecular complexity index is 1870. The highest BCUT2D eigenvalue weighted by molar-refractivity contribution is 6.42. The van der Waals surface area contributed by atoms with Gasteiger partial charge in [-0.25, -0.2) is 4.79 Å². The highest BCUT2D eigenvalue weighted by Crippen LogP contribution is 2.33. The Labute approximate surface area is 294 Å². The number of benzene rings is 3. The molecule has 12 heteroatoms. The monoisotopic (exact) mass is 712 g/mol. The Hall–Kier alpha value is -3.63. The van der Waals surface area contributed by atoms with Gasteiger partial charge in [-0.3, -0.25) is 18.7 Å². The van der Waals surface area contributed by atoms with Crippen molar-refractivity contribution in [2.24, 2.45) is 11.1 Å². The van der Waals surface area contributed by atoms with Gasteiger partial charge in [0.25, 0.3) is 0 Å². The molecule has 48 heavy (non-hydrogen) atoms. The molecule has 5 rings (SSSR count). The van der Waals surface area contributed by atoms with Crippen LogP contribution in [0.25, 0.3) is 11.0 Å². The molecule has 0 aliphatic carbocycles. The molecule has 2 atom stereocenters. The first kappa shape index (κ1) is 35.7. The van der Waals surface area contributed by atoms with Gasteiger partial charge in [-0.15, -0.1) is 0 Å². The zero-order valence-electron chi connectivity index (χ0n) is 27.2. The largest absolute Gasteiger partial charge is 0.480 e. The third-order valence-corrected chi connectivity index (χ3v) is 10.0. The molecule has 0 bridgehead atoms. The van der Waals surface area contributed by atoms with Crippen LogP contribution in [0.3, 0.4) is 0 Å². The van der Waals surface area contributed by atoms with E-state index in [-0.39, 0.29) is 35.9 Å². The average molecular weight is 714 g/mol. The lowest BCUT2D eigenvalue weighted by Gasteiger charge is -2.33. The fraction of sp³-hybridized carbons (Fsp3) is 0.389. The molecular formula is C36H39Cl3N4O5. The van der Waals surface area contributed by atoms with E-state index in [2.05, 4.69) is 10.1 Å². The maximum atomic E-state index is 13.5. The van der Waals surface area contributed by atoms with E-state index in [0.29, 0.717) is 39.0 Å². The van der Waals surface area contributed by atoms with Gasteiger partial charge < -0.3 is 14.8 Å². The summed E-state index contributed by atoms with van der Waals surface area (Å²) in [7, 11) is 1.50. The smallest absolute Gasteiger partial charge is 0.329 e. The number of aliphatic carboxylic acids is 1. The summed E-state index contributed by atoms with van der Waals surface area (Å²) in [6.45, 7) is 5.65. The second-order valence-electron chi connectivity index (χ2n) is 12.5. The fourth-order valence-electron chi connectivity index (χ4n) is 6.77. The van der Waals surface area contributed by atoms with Crippen LogP contribution in [0.15, 0.2) is 70.6 Å². The third-order valence-electron chi connectivity index (χ3n) is 9.07. The quantitative estimate of drug-likeness (QED) is 0.0859. The van der Waals surface area contributed by atoms with Crippen LogP contribution in [0.5, 0.6) is 0 Å². The van der Waals surface area contributed by atoms with Crippen LogP contribution in [0, 0.1) is 12.8 Å². The summed E-state index contributed by atoms with van der Waals surface area (Å²) in [6.07, 6.45) is 2.53. The fourth-order valence-corrected chi connectivity index (χ4v) is 7.37. The van der Waals surface area contributed by atoms with Crippen molar-refractivity contribution in [3.8, 4) is 0 Å². The van der Waals surface area contributed by atoms with Gasteiger partial charge in [-0.1, -0.05) is 65.1 Å². The molecule has 0 radical (unpaired) electrons. The van der Waals surface area contributed by atoms with Gasteiger partial charge >= 0.3 is 11.7 Å². The minimum atomic E-state index is -1.05.